The van der Waals surface area contributed by atoms with Crippen LogP contribution in [0, 0.1) is 5.92 Å². The van der Waals surface area contributed by atoms with Crippen LogP contribution < -0.4 is 10.6 Å². The van der Waals surface area contributed by atoms with E-state index in [-0.39, 0.29) is 11.8 Å². The van der Waals surface area contributed by atoms with Crippen LogP contribution in [-0.2, 0) is 4.79 Å². The van der Waals surface area contributed by atoms with E-state index in [1.54, 1.807) is 17.2 Å². The first-order chi connectivity index (χ1) is 9.20. The van der Waals surface area contributed by atoms with E-state index in [2.05, 4.69) is 4.98 Å². The van der Waals surface area contributed by atoms with E-state index in [1.807, 2.05) is 18.2 Å². The van der Waals surface area contributed by atoms with Gasteiger partial charge in [0.05, 0.1) is 16.2 Å². The molecular weight excluding hydrogens is 262 g/mol. The summed E-state index contributed by atoms with van der Waals surface area (Å²) in [6.07, 6.45) is 2.22. The number of fused-ring (bicyclic) bond motifs is 1. The van der Waals surface area contributed by atoms with E-state index in [0.29, 0.717) is 24.5 Å². The molecule has 4 nitrogen and oxygen atoms in total. The summed E-state index contributed by atoms with van der Waals surface area (Å²) in [7, 11) is 0. The number of rotatable bonds is 2. The highest BCUT2D eigenvalue weighted by molar-refractivity contribution is 6.35. The van der Waals surface area contributed by atoms with Crippen molar-refractivity contribution in [3.63, 3.8) is 0 Å². The molecule has 0 bridgehead atoms. The number of hydrogen-bond donors (Lipinski definition) is 1. The molecule has 2 aromatic rings. The number of pyridine rings is 1. The highest BCUT2D eigenvalue weighted by Crippen LogP contribution is 2.36. The minimum atomic E-state index is 0.0775. The fourth-order valence-electron chi connectivity index (χ4n) is 2.54. The molecule has 3 rings (SSSR count). The highest BCUT2D eigenvalue weighted by atomic mass is 35.5. The van der Waals surface area contributed by atoms with E-state index in [4.69, 9.17) is 17.3 Å². The highest BCUT2D eigenvalue weighted by Gasteiger charge is 2.31. The average Bonchev–Trinajstić information content (AvgIpc) is 2.80. The van der Waals surface area contributed by atoms with Gasteiger partial charge in [0.15, 0.2) is 0 Å². The monoisotopic (exact) mass is 275 g/mol. The molecule has 1 amide bonds. The first-order valence-electron chi connectivity index (χ1n) is 6.24. The molecule has 2 heterocycles. The van der Waals surface area contributed by atoms with Gasteiger partial charge in [-0.1, -0.05) is 11.6 Å². The Labute approximate surface area is 116 Å². The lowest BCUT2D eigenvalue weighted by Crippen LogP contribution is -2.26. The Morgan fingerprint density at radius 3 is 3.00 bits per heavy atom. The fourth-order valence-corrected chi connectivity index (χ4v) is 2.81. The summed E-state index contributed by atoms with van der Waals surface area (Å²) in [6, 6.07) is 7.44. The Morgan fingerprint density at radius 2 is 2.26 bits per heavy atom. The molecule has 5 heteroatoms. The van der Waals surface area contributed by atoms with Gasteiger partial charge in [0.1, 0.15) is 0 Å². The third-order valence-electron chi connectivity index (χ3n) is 3.52. The largest absolute Gasteiger partial charge is 0.330 e. The molecule has 1 atom stereocenters. The van der Waals surface area contributed by atoms with Crippen molar-refractivity contribution in [1.82, 2.24) is 4.98 Å². The Kier molecular flexibility index (Phi) is 3.12. The lowest BCUT2D eigenvalue weighted by molar-refractivity contribution is -0.117. The molecule has 0 radical (unpaired) electrons. The Balaban J connectivity index is 2.14. The molecule has 0 spiro atoms. The van der Waals surface area contributed by atoms with Crippen molar-refractivity contribution in [2.75, 3.05) is 18.0 Å². The van der Waals surface area contributed by atoms with Crippen LogP contribution in [-0.4, -0.2) is 24.0 Å². The summed E-state index contributed by atoms with van der Waals surface area (Å²) in [6.45, 7) is 1.14. The molecule has 19 heavy (non-hydrogen) atoms. The third-order valence-corrected chi connectivity index (χ3v) is 3.82. The van der Waals surface area contributed by atoms with Crippen LogP contribution in [0.1, 0.15) is 6.42 Å². The smallest absolute Gasteiger partial charge is 0.227 e. The summed E-state index contributed by atoms with van der Waals surface area (Å²) >= 11 is 6.29. The van der Waals surface area contributed by atoms with Crippen molar-refractivity contribution in [3.8, 4) is 0 Å². The van der Waals surface area contributed by atoms with Gasteiger partial charge in [-0.25, -0.2) is 0 Å². The second-order valence-electron chi connectivity index (χ2n) is 4.78. The summed E-state index contributed by atoms with van der Waals surface area (Å²) < 4.78 is 0. The van der Waals surface area contributed by atoms with Crippen LogP contribution in [0.4, 0.5) is 5.69 Å². The average molecular weight is 276 g/mol. The molecule has 1 aliphatic heterocycles. The number of aromatic nitrogens is 1. The second kappa shape index (κ2) is 4.79. The Bertz CT molecular complexity index is 644. The summed E-state index contributed by atoms with van der Waals surface area (Å²) in [5.74, 6) is 0.282. The molecule has 1 aromatic heterocycles. The van der Waals surface area contributed by atoms with Crippen LogP contribution in [0.25, 0.3) is 10.9 Å². The van der Waals surface area contributed by atoms with E-state index in [0.717, 1.165) is 16.6 Å². The van der Waals surface area contributed by atoms with Gasteiger partial charge in [0, 0.05) is 24.5 Å². The number of carbonyl (C=O) groups excluding carboxylic acids is 1. The van der Waals surface area contributed by atoms with E-state index >= 15 is 0 Å². The zero-order chi connectivity index (χ0) is 13.4. The van der Waals surface area contributed by atoms with Crippen LogP contribution in [0.3, 0.4) is 0 Å². The number of amides is 1. The van der Waals surface area contributed by atoms with Crippen molar-refractivity contribution in [3.05, 3.63) is 35.5 Å². The number of hydrogen-bond acceptors (Lipinski definition) is 3. The Hall–Kier alpha value is -1.65. The number of nitrogens with two attached hydrogens (primary N) is 1. The summed E-state index contributed by atoms with van der Waals surface area (Å²) in [5, 5.41) is 1.48. The molecular formula is C14H14ClN3O. The van der Waals surface area contributed by atoms with Gasteiger partial charge in [-0.05, 0) is 36.7 Å². The maximum Gasteiger partial charge on any atom is 0.227 e. The minimum Gasteiger partial charge on any atom is -0.330 e. The maximum atomic E-state index is 12.1. The standard InChI is InChI=1S/C14H14ClN3O/c15-11-3-4-12-10(2-1-5-17-12)14(11)18-8-9(7-16)6-13(18)19/h1-5,9H,6-8,16H2. The first-order valence-corrected chi connectivity index (χ1v) is 6.62. The number of carbonyl (C=O) groups is 1. The summed E-state index contributed by atoms with van der Waals surface area (Å²) in [4.78, 5) is 18.2. The van der Waals surface area contributed by atoms with Crippen molar-refractivity contribution >= 4 is 34.1 Å². The Morgan fingerprint density at radius 1 is 1.42 bits per heavy atom. The van der Waals surface area contributed by atoms with Crippen LogP contribution >= 0.6 is 11.6 Å². The molecule has 1 saturated heterocycles. The normalized spacial score (nSPS) is 19.4. The van der Waals surface area contributed by atoms with Crippen molar-refractivity contribution < 1.29 is 4.79 Å². The molecule has 0 saturated carbocycles. The van der Waals surface area contributed by atoms with Gasteiger partial charge in [-0.2, -0.15) is 0 Å². The quantitative estimate of drug-likeness (QED) is 0.914. The number of anilines is 1. The maximum absolute atomic E-state index is 12.1. The van der Waals surface area contributed by atoms with Crippen molar-refractivity contribution in [1.29, 1.82) is 0 Å². The van der Waals surface area contributed by atoms with Gasteiger partial charge in [-0.3, -0.25) is 9.78 Å². The van der Waals surface area contributed by atoms with Gasteiger partial charge in [-0.15, -0.1) is 0 Å². The molecule has 1 aromatic carbocycles. The van der Waals surface area contributed by atoms with Crippen molar-refractivity contribution in [2.45, 2.75) is 6.42 Å². The predicted molar refractivity (Wildman–Crippen MR) is 76.3 cm³/mol. The van der Waals surface area contributed by atoms with Crippen molar-refractivity contribution in [2.24, 2.45) is 11.7 Å². The lowest BCUT2D eigenvalue weighted by atomic mass is 10.1. The first kappa shape index (κ1) is 12.4. The summed E-state index contributed by atoms with van der Waals surface area (Å²) in [5.41, 5.74) is 7.26. The predicted octanol–water partition coefficient (Wildman–Crippen LogP) is 2.20. The van der Waals surface area contributed by atoms with Crippen LogP contribution in [0.5, 0.6) is 0 Å². The zero-order valence-electron chi connectivity index (χ0n) is 10.3. The van der Waals surface area contributed by atoms with E-state index in [1.165, 1.54) is 0 Å². The molecule has 98 valence electrons. The molecule has 0 aliphatic carbocycles. The van der Waals surface area contributed by atoms with Crippen LogP contribution in [0.15, 0.2) is 30.5 Å². The zero-order valence-corrected chi connectivity index (χ0v) is 11.1. The van der Waals surface area contributed by atoms with Gasteiger partial charge in [0.2, 0.25) is 5.91 Å². The third kappa shape index (κ3) is 2.07. The van der Waals surface area contributed by atoms with E-state index in [9.17, 15) is 4.79 Å². The van der Waals surface area contributed by atoms with Gasteiger partial charge in [0.25, 0.3) is 0 Å². The number of halogens is 1. The molecule has 1 aliphatic rings. The van der Waals surface area contributed by atoms with Gasteiger partial charge >= 0.3 is 0 Å². The second-order valence-corrected chi connectivity index (χ2v) is 5.18. The molecule has 1 fully saturated rings. The SMILES string of the molecule is NCC1CC(=O)N(c2c(Cl)ccc3ncccc23)C1. The number of benzene rings is 1. The molecule has 1 unspecified atom stereocenters. The topological polar surface area (TPSA) is 59.2 Å². The minimum absolute atomic E-state index is 0.0775. The fraction of sp³-hybridized carbons (Fsp3) is 0.286. The lowest BCUT2D eigenvalue weighted by Gasteiger charge is -2.20. The number of nitrogens with zero attached hydrogens (tertiary/aromatic N) is 2. The van der Waals surface area contributed by atoms with Crippen LogP contribution in [0.2, 0.25) is 5.02 Å². The molecule has 2 N–H and O–H groups in total. The van der Waals surface area contributed by atoms with Gasteiger partial charge < -0.3 is 10.6 Å². The van der Waals surface area contributed by atoms with E-state index < -0.39 is 0 Å².